The normalized spacial score (nSPS) is 9.71. The number of terminal acetylenes is 1. The molecular formula is C11H9N3. The molecule has 1 heterocycles. The average Bonchev–Trinajstić information content (AvgIpc) is 2.65. The molecule has 14 heavy (non-hydrogen) atoms. The molecule has 2 aromatic rings. The molecule has 0 fully saturated rings. The summed E-state index contributed by atoms with van der Waals surface area (Å²) in [6.07, 6.45) is 6.93. The van der Waals surface area contributed by atoms with Crippen molar-refractivity contribution in [3.8, 4) is 23.7 Å². The van der Waals surface area contributed by atoms with Crippen LogP contribution in [0, 0.1) is 12.3 Å². The second-order valence-electron chi connectivity index (χ2n) is 2.96. The van der Waals surface area contributed by atoms with Crippen molar-refractivity contribution in [2.45, 2.75) is 0 Å². The molecule has 0 aliphatic heterocycles. The number of benzene rings is 1. The van der Waals surface area contributed by atoms with Gasteiger partial charge < -0.3 is 0 Å². The van der Waals surface area contributed by atoms with E-state index >= 15 is 0 Å². The average molecular weight is 183 g/mol. The molecule has 0 aliphatic carbocycles. The van der Waals surface area contributed by atoms with Crippen LogP contribution >= 0.6 is 0 Å². The summed E-state index contributed by atoms with van der Waals surface area (Å²) < 4.78 is 1.67. The Kier molecular flexibility index (Phi) is 2.04. The van der Waals surface area contributed by atoms with Crippen molar-refractivity contribution in [3.63, 3.8) is 0 Å². The van der Waals surface area contributed by atoms with Crippen molar-refractivity contribution >= 4 is 0 Å². The minimum Gasteiger partial charge on any atom is -0.255 e. The molecule has 1 aromatic heterocycles. The van der Waals surface area contributed by atoms with Gasteiger partial charge in [0.15, 0.2) is 5.82 Å². The quantitative estimate of drug-likeness (QED) is 0.627. The summed E-state index contributed by atoms with van der Waals surface area (Å²) in [5, 5.41) is 4.19. The van der Waals surface area contributed by atoms with Gasteiger partial charge in [-0.3, -0.25) is 4.68 Å². The van der Waals surface area contributed by atoms with Gasteiger partial charge in [0, 0.05) is 18.2 Å². The maximum absolute atomic E-state index is 5.26. The third kappa shape index (κ3) is 1.50. The molecule has 3 nitrogen and oxygen atoms in total. The zero-order valence-electron chi connectivity index (χ0n) is 7.81. The van der Waals surface area contributed by atoms with E-state index in [1.807, 2.05) is 31.3 Å². The topological polar surface area (TPSA) is 30.7 Å². The third-order valence-electron chi connectivity index (χ3n) is 1.91. The molecule has 0 saturated heterocycles. The lowest BCUT2D eigenvalue weighted by molar-refractivity contribution is 0.768. The van der Waals surface area contributed by atoms with Crippen LogP contribution in [-0.4, -0.2) is 14.8 Å². The highest BCUT2D eigenvalue weighted by atomic mass is 15.3. The number of nitrogens with zero attached hydrogens (tertiary/aromatic N) is 3. The molecule has 3 heteroatoms. The first-order valence-electron chi connectivity index (χ1n) is 4.22. The van der Waals surface area contributed by atoms with Crippen LogP contribution in [-0.2, 0) is 7.05 Å². The Morgan fingerprint density at radius 1 is 1.29 bits per heavy atom. The highest BCUT2D eigenvalue weighted by Crippen LogP contribution is 2.14. The monoisotopic (exact) mass is 183 g/mol. The lowest BCUT2D eigenvalue weighted by Gasteiger charge is -1.94. The van der Waals surface area contributed by atoms with E-state index in [1.165, 1.54) is 0 Å². The van der Waals surface area contributed by atoms with Gasteiger partial charge in [-0.2, -0.15) is 5.10 Å². The Labute approximate surface area is 82.4 Å². The van der Waals surface area contributed by atoms with E-state index < -0.39 is 0 Å². The van der Waals surface area contributed by atoms with Gasteiger partial charge in [-0.25, -0.2) is 4.98 Å². The summed E-state index contributed by atoms with van der Waals surface area (Å²) >= 11 is 0. The van der Waals surface area contributed by atoms with Gasteiger partial charge >= 0.3 is 0 Å². The van der Waals surface area contributed by atoms with Crippen LogP contribution in [0.2, 0.25) is 0 Å². The first-order chi connectivity index (χ1) is 6.79. The standard InChI is InChI=1S/C11H9N3/c1-3-9-4-6-10(7-5-9)11-12-8-14(2)13-11/h1,4-8H,2H3. The van der Waals surface area contributed by atoms with Crippen molar-refractivity contribution < 1.29 is 0 Å². The van der Waals surface area contributed by atoms with E-state index in [-0.39, 0.29) is 0 Å². The number of hydrogen-bond acceptors (Lipinski definition) is 2. The highest BCUT2D eigenvalue weighted by Gasteiger charge is 2.01. The van der Waals surface area contributed by atoms with Crippen LogP contribution < -0.4 is 0 Å². The van der Waals surface area contributed by atoms with Crippen molar-refractivity contribution in [3.05, 3.63) is 36.2 Å². The number of aromatic nitrogens is 3. The summed E-state index contributed by atoms with van der Waals surface area (Å²) in [6.45, 7) is 0. The second-order valence-corrected chi connectivity index (χ2v) is 2.96. The number of aryl methyl sites for hydroxylation is 1. The van der Waals surface area contributed by atoms with E-state index in [0.29, 0.717) is 0 Å². The summed E-state index contributed by atoms with van der Waals surface area (Å²) in [5.41, 5.74) is 1.84. The molecule has 0 aliphatic rings. The van der Waals surface area contributed by atoms with Gasteiger partial charge in [-0.05, 0) is 24.3 Å². The van der Waals surface area contributed by atoms with Crippen molar-refractivity contribution in [2.24, 2.45) is 7.05 Å². The second kappa shape index (κ2) is 3.35. The first kappa shape index (κ1) is 8.52. The molecule has 0 spiro atoms. The Bertz CT molecular complexity index is 474. The lowest BCUT2D eigenvalue weighted by Crippen LogP contribution is -1.87. The van der Waals surface area contributed by atoms with Crippen molar-refractivity contribution in [1.29, 1.82) is 0 Å². The predicted molar refractivity (Wildman–Crippen MR) is 54.4 cm³/mol. The molecule has 68 valence electrons. The molecule has 0 saturated carbocycles. The van der Waals surface area contributed by atoms with Crippen LogP contribution in [0.1, 0.15) is 5.56 Å². The summed E-state index contributed by atoms with van der Waals surface area (Å²) in [5.74, 6) is 3.28. The van der Waals surface area contributed by atoms with Crippen LogP contribution in [0.3, 0.4) is 0 Å². The Balaban J connectivity index is 2.39. The number of hydrogen-bond donors (Lipinski definition) is 0. The maximum Gasteiger partial charge on any atom is 0.181 e. The summed E-state index contributed by atoms with van der Waals surface area (Å²) in [4.78, 5) is 4.14. The zero-order valence-corrected chi connectivity index (χ0v) is 7.81. The SMILES string of the molecule is C#Cc1ccc(-c2ncn(C)n2)cc1. The molecule has 1 aromatic carbocycles. The fraction of sp³-hybridized carbons (Fsp3) is 0.0909. The molecule has 0 bridgehead atoms. The van der Waals surface area contributed by atoms with Gasteiger partial charge in [-0.1, -0.05) is 5.92 Å². The molecule has 2 rings (SSSR count). The fourth-order valence-electron chi connectivity index (χ4n) is 1.19. The molecular weight excluding hydrogens is 174 g/mol. The van der Waals surface area contributed by atoms with Gasteiger partial charge in [0.2, 0.25) is 0 Å². The minimum absolute atomic E-state index is 0.719. The van der Waals surface area contributed by atoms with Crippen LogP contribution in [0.4, 0.5) is 0 Å². The first-order valence-corrected chi connectivity index (χ1v) is 4.22. The van der Waals surface area contributed by atoms with E-state index in [9.17, 15) is 0 Å². The smallest absolute Gasteiger partial charge is 0.181 e. The van der Waals surface area contributed by atoms with E-state index in [4.69, 9.17) is 6.42 Å². The van der Waals surface area contributed by atoms with E-state index in [1.54, 1.807) is 11.0 Å². The van der Waals surface area contributed by atoms with Gasteiger partial charge in [0.25, 0.3) is 0 Å². The molecule has 0 N–H and O–H groups in total. The maximum atomic E-state index is 5.26. The van der Waals surface area contributed by atoms with Gasteiger partial charge in [-0.15, -0.1) is 6.42 Å². The van der Waals surface area contributed by atoms with Crippen LogP contribution in [0.5, 0.6) is 0 Å². The molecule has 0 unspecified atom stereocenters. The predicted octanol–water partition coefficient (Wildman–Crippen LogP) is 1.46. The zero-order chi connectivity index (χ0) is 9.97. The fourth-order valence-corrected chi connectivity index (χ4v) is 1.19. The summed E-state index contributed by atoms with van der Waals surface area (Å²) in [6, 6.07) is 7.60. The molecule has 0 radical (unpaired) electrons. The largest absolute Gasteiger partial charge is 0.255 e. The molecule has 0 amide bonds. The van der Waals surface area contributed by atoms with E-state index in [2.05, 4.69) is 16.0 Å². The molecule has 0 atom stereocenters. The van der Waals surface area contributed by atoms with Crippen molar-refractivity contribution in [2.75, 3.05) is 0 Å². The van der Waals surface area contributed by atoms with E-state index in [0.717, 1.165) is 17.0 Å². The number of rotatable bonds is 1. The lowest BCUT2D eigenvalue weighted by atomic mass is 10.1. The Morgan fingerprint density at radius 3 is 2.50 bits per heavy atom. The van der Waals surface area contributed by atoms with Crippen LogP contribution in [0.15, 0.2) is 30.6 Å². The summed E-state index contributed by atoms with van der Waals surface area (Å²) in [7, 11) is 1.84. The van der Waals surface area contributed by atoms with Gasteiger partial charge in [0.1, 0.15) is 6.33 Å². The Hall–Kier alpha value is -2.08. The van der Waals surface area contributed by atoms with Gasteiger partial charge in [0.05, 0.1) is 0 Å². The Morgan fingerprint density at radius 2 is 2.00 bits per heavy atom. The minimum atomic E-state index is 0.719. The highest BCUT2D eigenvalue weighted by molar-refractivity contribution is 5.55. The van der Waals surface area contributed by atoms with Crippen molar-refractivity contribution in [1.82, 2.24) is 14.8 Å². The third-order valence-corrected chi connectivity index (χ3v) is 1.91. The van der Waals surface area contributed by atoms with Crippen LogP contribution in [0.25, 0.3) is 11.4 Å².